The number of nitrogens with one attached hydrogen (secondary N) is 1. The quantitative estimate of drug-likeness (QED) is 0.872. The fourth-order valence-electron chi connectivity index (χ4n) is 2.70. The van der Waals surface area contributed by atoms with E-state index in [9.17, 15) is 5.11 Å². The summed E-state index contributed by atoms with van der Waals surface area (Å²) in [6, 6.07) is 7.86. The number of piperidine rings is 1. The lowest BCUT2D eigenvalue weighted by Crippen LogP contribution is -2.40. The van der Waals surface area contributed by atoms with Crippen molar-refractivity contribution in [1.29, 1.82) is 0 Å². The van der Waals surface area contributed by atoms with E-state index >= 15 is 0 Å². The van der Waals surface area contributed by atoms with Crippen molar-refractivity contribution in [2.75, 3.05) is 13.2 Å². The van der Waals surface area contributed by atoms with Gasteiger partial charge in [0.2, 0.25) is 5.90 Å². The average Bonchev–Trinajstić information content (AvgIpc) is 2.91. The van der Waals surface area contributed by atoms with Crippen LogP contribution in [0.15, 0.2) is 29.3 Å². The number of hydrogen-bond donors (Lipinski definition) is 2. The summed E-state index contributed by atoms with van der Waals surface area (Å²) in [4.78, 5) is 4.70. The van der Waals surface area contributed by atoms with Crippen molar-refractivity contribution in [1.82, 2.24) is 5.32 Å². The number of hydrogen-bond acceptors (Lipinski definition) is 4. The van der Waals surface area contributed by atoms with Crippen molar-refractivity contribution >= 4 is 5.90 Å². The first-order valence-corrected chi connectivity index (χ1v) is 7.03. The van der Waals surface area contributed by atoms with Gasteiger partial charge >= 0.3 is 0 Å². The van der Waals surface area contributed by atoms with Crippen LogP contribution in [0.2, 0.25) is 0 Å². The lowest BCUT2D eigenvalue weighted by molar-refractivity contribution is 0.291. The van der Waals surface area contributed by atoms with Gasteiger partial charge in [-0.1, -0.05) is 18.6 Å². The largest absolute Gasteiger partial charge is 0.508 e. The van der Waals surface area contributed by atoms with Gasteiger partial charge in [-0.3, -0.25) is 0 Å². The van der Waals surface area contributed by atoms with Crippen molar-refractivity contribution in [3.8, 4) is 5.75 Å². The summed E-state index contributed by atoms with van der Waals surface area (Å²) < 4.78 is 5.74. The molecule has 4 heteroatoms. The maximum absolute atomic E-state index is 9.27. The Morgan fingerprint density at radius 2 is 2.11 bits per heavy atom. The highest BCUT2D eigenvalue weighted by atomic mass is 16.5. The van der Waals surface area contributed by atoms with Gasteiger partial charge in [0.1, 0.15) is 12.4 Å². The molecule has 2 heterocycles. The third-order valence-corrected chi connectivity index (χ3v) is 3.75. The van der Waals surface area contributed by atoms with Crippen LogP contribution in [0.25, 0.3) is 0 Å². The molecule has 102 valence electrons. The molecule has 1 aromatic rings. The van der Waals surface area contributed by atoms with E-state index in [4.69, 9.17) is 9.73 Å². The van der Waals surface area contributed by atoms with Gasteiger partial charge in [0.25, 0.3) is 0 Å². The number of nitrogens with zero attached hydrogens (tertiary/aromatic N) is 1. The topological polar surface area (TPSA) is 53.9 Å². The molecule has 19 heavy (non-hydrogen) atoms. The minimum atomic E-state index is 0.211. The highest BCUT2D eigenvalue weighted by Crippen LogP contribution is 2.18. The number of aliphatic imine (C=N–C) groups is 1. The van der Waals surface area contributed by atoms with E-state index in [-0.39, 0.29) is 6.04 Å². The summed E-state index contributed by atoms with van der Waals surface area (Å²) in [6.45, 7) is 1.74. The molecule has 2 N–H and O–H groups in total. The molecule has 0 spiro atoms. The van der Waals surface area contributed by atoms with Gasteiger partial charge in [0.15, 0.2) is 0 Å². The standard InChI is InChI=1S/C15H20N2O2/c18-13-6-4-11(5-7-13)9-12-10-19-15(17-12)14-3-1-2-8-16-14/h4-7,12,14,16,18H,1-3,8-10H2. The molecule has 3 rings (SSSR count). The zero-order valence-electron chi connectivity index (χ0n) is 11.0. The predicted octanol–water partition coefficient (Wildman–Crippen LogP) is 1.87. The SMILES string of the molecule is Oc1ccc(CC2COC(C3CCCCN3)=N2)cc1. The maximum atomic E-state index is 9.27. The van der Waals surface area contributed by atoms with E-state index in [1.807, 2.05) is 12.1 Å². The van der Waals surface area contributed by atoms with Crippen molar-refractivity contribution in [3.63, 3.8) is 0 Å². The van der Waals surface area contributed by atoms with E-state index < -0.39 is 0 Å². The zero-order valence-corrected chi connectivity index (χ0v) is 11.0. The van der Waals surface area contributed by atoms with Crippen LogP contribution in [0, 0.1) is 0 Å². The molecule has 0 bridgehead atoms. The molecular formula is C15H20N2O2. The fraction of sp³-hybridized carbons (Fsp3) is 0.533. The van der Waals surface area contributed by atoms with Crippen molar-refractivity contribution in [3.05, 3.63) is 29.8 Å². The van der Waals surface area contributed by atoms with Crippen LogP contribution >= 0.6 is 0 Å². The molecule has 0 aliphatic carbocycles. The van der Waals surface area contributed by atoms with Crippen molar-refractivity contribution < 1.29 is 9.84 Å². The van der Waals surface area contributed by atoms with Crippen LogP contribution in [0.4, 0.5) is 0 Å². The Morgan fingerprint density at radius 1 is 1.26 bits per heavy atom. The molecule has 2 unspecified atom stereocenters. The summed E-state index contributed by atoms with van der Waals surface area (Å²) in [6.07, 6.45) is 4.50. The zero-order chi connectivity index (χ0) is 13.1. The Kier molecular flexibility index (Phi) is 3.69. The fourth-order valence-corrected chi connectivity index (χ4v) is 2.70. The summed E-state index contributed by atoms with van der Waals surface area (Å²) in [5.74, 6) is 1.20. The Balaban J connectivity index is 1.60. The summed E-state index contributed by atoms with van der Waals surface area (Å²) >= 11 is 0. The van der Waals surface area contributed by atoms with Gasteiger partial charge < -0.3 is 15.2 Å². The Hall–Kier alpha value is -1.55. The number of phenols is 1. The molecule has 2 aliphatic rings. The van der Waals surface area contributed by atoms with Crippen LogP contribution in [0.5, 0.6) is 5.75 Å². The Labute approximate surface area is 113 Å². The van der Waals surface area contributed by atoms with E-state index in [1.165, 1.54) is 18.4 Å². The number of phenolic OH excluding ortho intramolecular Hbond substituents is 1. The third-order valence-electron chi connectivity index (χ3n) is 3.75. The van der Waals surface area contributed by atoms with Gasteiger partial charge in [-0.15, -0.1) is 0 Å². The first-order chi connectivity index (χ1) is 9.31. The van der Waals surface area contributed by atoms with Gasteiger partial charge in [0.05, 0.1) is 12.1 Å². The van der Waals surface area contributed by atoms with Crippen LogP contribution in [-0.4, -0.2) is 36.2 Å². The average molecular weight is 260 g/mol. The van der Waals surface area contributed by atoms with Gasteiger partial charge in [0, 0.05) is 0 Å². The second-order valence-electron chi connectivity index (χ2n) is 5.31. The molecule has 0 saturated carbocycles. The second-order valence-corrected chi connectivity index (χ2v) is 5.31. The van der Waals surface area contributed by atoms with E-state index in [0.717, 1.165) is 25.3 Å². The normalized spacial score (nSPS) is 26.8. The second kappa shape index (κ2) is 5.61. The summed E-state index contributed by atoms with van der Waals surface area (Å²) in [7, 11) is 0. The number of benzene rings is 1. The molecule has 1 fully saturated rings. The Bertz CT molecular complexity index is 450. The summed E-state index contributed by atoms with van der Waals surface area (Å²) in [5, 5.41) is 12.7. The minimum absolute atomic E-state index is 0.211. The number of rotatable bonds is 3. The monoisotopic (exact) mass is 260 g/mol. The van der Waals surface area contributed by atoms with Crippen LogP contribution < -0.4 is 5.32 Å². The van der Waals surface area contributed by atoms with Crippen LogP contribution in [0.3, 0.4) is 0 Å². The first kappa shape index (κ1) is 12.5. The van der Waals surface area contributed by atoms with Crippen molar-refractivity contribution in [2.24, 2.45) is 4.99 Å². The van der Waals surface area contributed by atoms with Gasteiger partial charge in [-0.05, 0) is 43.5 Å². The molecule has 1 saturated heterocycles. The lowest BCUT2D eigenvalue weighted by atomic mass is 10.0. The maximum Gasteiger partial charge on any atom is 0.201 e. The Morgan fingerprint density at radius 3 is 2.84 bits per heavy atom. The molecule has 4 nitrogen and oxygen atoms in total. The van der Waals surface area contributed by atoms with Gasteiger partial charge in [-0.2, -0.15) is 0 Å². The lowest BCUT2D eigenvalue weighted by Gasteiger charge is -2.22. The van der Waals surface area contributed by atoms with E-state index in [0.29, 0.717) is 18.4 Å². The van der Waals surface area contributed by atoms with Gasteiger partial charge in [-0.25, -0.2) is 4.99 Å². The highest BCUT2D eigenvalue weighted by Gasteiger charge is 2.26. The third kappa shape index (κ3) is 3.07. The van der Waals surface area contributed by atoms with E-state index in [1.54, 1.807) is 12.1 Å². The van der Waals surface area contributed by atoms with Crippen LogP contribution in [-0.2, 0) is 11.2 Å². The summed E-state index contributed by atoms with van der Waals surface area (Å²) in [5.41, 5.74) is 1.19. The number of aromatic hydroxyl groups is 1. The molecule has 0 amide bonds. The highest BCUT2D eigenvalue weighted by molar-refractivity contribution is 5.83. The predicted molar refractivity (Wildman–Crippen MR) is 74.6 cm³/mol. The first-order valence-electron chi connectivity index (χ1n) is 7.03. The minimum Gasteiger partial charge on any atom is -0.508 e. The smallest absolute Gasteiger partial charge is 0.201 e. The van der Waals surface area contributed by atoms with Crippen LogP contribution in [0.1, 0.15) is 24.8 Å². The molecule has 1 aromatic carbocycles. The molecule has 2 aliphatic heterocycles. The van der Waals surface area contributed by atoms with Crippen molar-refractivity contribution in [2.45, 2.75) is 37.8 Å². The van der Waals surface area contributed by atoms with E-state index in [2.05, 4.69) is 5.32 Å². The number of ether oxygens (including phenoxy) is 1. The molecule has 0 radical (unpaired) electrons. The molecular weight excluding hydrogens is 240 g/mol. The molecule has 0 aromatic heterocycles. The molecule has 2 atom stereocenters.